The van der Waals surface area contributed by atoms with Crippen molar-refractivity contribution >= 4 is 5.91 Å². The van der Waals surface area contributed by atoms with Gasteiger partial charge in [0.1, 0.15) is 0 Å². The smallest absolute Gasteiger partial charge is 0.243 e. The van der Waals surface area contributed by atoms with Gasteiger partial charge in [-0.3, -0.25) is 4.79 Å². The van der Waals surface area contributed by atoms with Gasteiger partial charge in [-0.2, -0.15) is 0 Å². The van der Waals surface area contributed by atoms with Crippen LogP contribution in [-0.2, 0) is 4.79 Å². The molecule has 0 saturated heterocycles. The molecule has 0 aliphatic carbocycles. The van der Waals surface area contributed by atoms with Crippen LogP contribution >= 0.6 is 0 Å². The van der Waals surface area contributed by atoms with E-state index in [9.17, 15) is 4.79 Å². The van der Waals surface area contributed by atoms with E-state index in [-0.39, 0.29) is 5.91 Å². The Morgan fingerprint density at radius 1 is 1.44 bits per heavy atom. The van der Waals surface area contributed by atoms with Crippen LogP contribution in [0.15, 0.2) is 43.0 Å². The highest BCUT2D eigenvalue weighted by atomic mass is 16.1. The quantitative estimate of drug-likeness (QED) is 0.598. The second-order valence-electron chi connectivity index (χ2n) is 3.29. The predicted molar refractivity (Wildman–Crippen MR) is 68.1 cm³/mol. The van der Waals surface area contributed by atoms with Crippen LogP contribution < -0.4 is 11.1 Å². The summed E-state index contributed by atoms with van der Waals surface area (Å²) in [6, 6.07) is 10.3. The lowest BCUT2D eigenvalue weighted by Crippen LogP contribution is -2.23. The summed E-state index contributed by atoms with van der Waals surface area (Å²) in [5.41, 5.74) is 6.50. The van der Waals surface area contributed by atoms with E-state index >= 15 is 0 Å². The first kappa shape index (κ1) is 14.4. The Morgan fingerprint density at radius 2 is 2.06 bits per heavy atom. The van der Waals surface area contributed by atoms with Gasteiger partial charge < -0.3 is 11.1 Å². The van der Waals surface area contributed by atoms with Crippen molar-refractivity contribution in [3.05, 3.63) is 48.6 Å². The van der Waals surface area contributed by atoms with Crippen LogP contribution in [0.5, 0.6) is 0 Å². The number of benzene rings is 1. The van der Waals surface area contributed by atoms with E-state index in [1.165, 1.54) is 11.6 Å². The minimum atomic E-state index is -0.136. The van der Waals surface area contributed by atoms with Gasteiger partial charge in [-0.15, -0.1) is 0 Å². The van der Waals surface area contributed by atoms with Crippen molar-refractivity contribution in [2.45, 2.75) is 13.3 Å². The molecule has 1 rings (SSSR count). The van der Waals surface area contributed by atoms with Crippen molar-refractivity contribution in [3.63, 3.8) is 0 Å². The van der Waals surface area contributed by atoms with E-state index in [1.54, 1.807) is 0 Å². The van der Waals surface area contributed by atoms with E-state index in [0.29, 0.717) is 13.1 Å². The van der Waals surface area contributed by atoms with Gasteiger partial charge >= 0.3 is 0 Å². The Balaban J connectivity index is 0.000000288. The van der Waals surface area contributed by atoms with Crippen molar-refractivity contribution in [2.24, 2.45) is 5.73 Å². The summed E-state index contributed by atoms with van der Waals surface area (Å²) >= 11 is 0. The normalized spacial score (nSPS) is 8.62. The lowest BCUT2D eigenvalue weighted by atomic mass is 10.2. The number of nitrogens with one attached hydrogen (secondary N) is 1. The van der Waals surface area contributed by atoms with Gasteiger partial charge in [0.05, 0.1) is 0 Å². The topological polar surface area (TPSA) is 55.1 Å². The molecular weight excluding hydrogens is 200 g/mol. The molecule has 0 aliphatic rings. The molecule has 1 aromatic rings. The Labute approximate surface area is 97.4 Å². The fourth-order valence-corrected chi connectivity index (χ4v) is 0.920. The zero-order chi connectivity index (χ0) is 12.2. The van der Waals surface area contributed by atoms with Crippen LogP contribution in [0.1, 0.15) is 12.0 Å². The zero-order valence-corrected chi connectivity index (χ0v) is 9.78. The summed E-state index contributed by atoms with van der Waals surface area (Å²) < 4.78 is 0. The minimum absolute atomic E-state index is 0.136. The van der Waals surface area contributed by atoms with Crippen LogP contribution in [0, 0.1) is 6.92 Å². The largest absolute Gasteiger partial charge is 0.353 e. The van der Waals surface area contributed by atoms with E-state index in [4.69, 9.17) is 5.73 Å². The van der Waals surface area contributed by atoms with Crippen LogP contribution in [0.3, 0.4) is 0 Å². The maximum Gasteiger partial charge on any atom is 0.243 e. The van der Waals surface area contributed by atoms with Crippen LogP contribution in [0.4, 0.5) is 0 Å². The molecule has 3 heteroatoms. The predicted octanol–water partition coefficient (Wildman–Crippen LogP) is 1.63. The Morgan fingerprint density at radius 3 is 2.44 bits per heavy atom. The minimum Gasteiger partial charge on any atom is -0.353 e. The average molecular weight is 220 g/mol. The number of hydrogen-bond donors (Lipinski definition) is 2. The summed E-state index contributed by atoms with van der Waals surface area (Å²) in [5.74, 6) is -0.136. The van der Waals surface area contributed by atoms with Gasteiger partial charge in [0, 0.05) is 6.54 Å². The van der Waals surface area contributed by atoms with Gasteiger partial charge in [0.15, 0.2) is 0 Å². The fraction of sp³-hybridized carbons (Fsp3) is 0.308. The maximum atomic E-state index is 10.4. The molecule has 1 amide bonds. The molecule has 88 valence electrons. The second kappa shape index (κ2) is 9.93. The molecule has 16 heavy (non-hydrogen) atoms. The summed E-state index contributed by atoms with van der Waals surface area (Å²) in [5, 5.41) is 2.60. The van der Waals surface area contributed by atoms with E-state index in [1.807, 2.05) is 18.2 Å². The molecule has 3 N–H and O–H groups in total. The first-order valence-corrected chi connectivity index (χ1v) is 5.32. The number of aryl methyl sites for hydroxylation is 1. The highest BCUT2D eigenvalue weighted by Crippen LogP contribution is 1.92. The van der Waals surface area contributed by atoms with E-state index < -0.39 is 0 Å². The fourth-order valence-electron chi connectivity index (χ4n) is 0.920. The molecule has 0 bridgehead atoms. The average Bonchev–Trinajstić information content (AvgIpc) is 2.31. The van der Waals surface area contributed by atoms with Gasteiger partial charge in [0.2, 0.25) is 5.91 Å². The number of nitrogens with two attached hydrogens (primary N) is 1. The molecule has 0 aromatic heterocycles. The van der Waals surface area contributed by atoms with Gasteiger partial charge in [0.25, 0.3) is 0 Å². The zero-order valence-electron chi connectivity index (χ0n) is 9.78. The summed E-state index contributed by atoms with van der Waals surface area (Å²) in [6.07, 6.45) is 2.07. The Hall–Kier alpha value is -1.61. The molecule has 1 aromatic carbocycles. The van der Waals surface area contributed by atoms with Gasteiger partial charge in [-0.05, 0) is 26.0 Å². The molecule has 0 atom stereocenters. The monoisotopic (exact) mass is 220 g/mol. The number of carbonyl (C=O) groups is 1. The number of amides is 1. The Bertz CT molecular complexity index is 296. The van der Waals surface area contributed by atoms with Crippen molar-refractivity contribution in [2.75, 3.05) is 13.1 Å². The third-order valence-electron chi connectivity index (χ3n) is 1.81. The van der Waals surface area contributed by atoms with Crippen molar-refractivity contribution in [1.29, 1.82) is 0 Å². The standard InChI is InChI=1S/C7H8.C6H12N2O/c1-7-5-3-2-4-6-7;1-2-6(9)8-5-3-4-7/h2-6H,1H3;2H,1,3-5,7H2,(H,8,9). The lowest BCUT2D eigenvalue weighted by Gasteiger charge is -1.97. The van der Waals surface area contributed by atoms with Gasteiger partial charge in [-0.25, -0.2) is 0 Å². The number of rotatable bonds is 4. The molecule has 0 heterocycles. The van der Waals surface area contributed by atoms with Crippen molar-refractivity contribution in [3.8, 4) is 0 Å². The molecule has 0 radical (unpaired) electrons. The van der Waals surface area contributed by atoms with Crippen LogP contribution in [0.2, 0.25) is 0 Å². The first-order valence-electron chi connectivity index (χ1n) is 5.32. The molecule has 0 spiro atoms. The number of carbonyl (C=O) groups excluding carboxylic acids is 1. The number of hydrogen-bond acceptors (Lipinski definition) is 2. The molecule has 0 unspecified atom stereocenters. The molecule has 3 nitrogen and oxygen atoms in total. The van der Waals surface area contributed by atoms with E-state index in [0.717, 1.165) is 6.42 Å². The van der Waals surface area contributed by atoms with E-state index in [2.05, 4.69) is 31.0 Å². The van der Waals surface area contributed by atoms with Crippen LogP contribution in [-0.4, -0.2) is 19.0 Å². The third-order valence-corrected chi connectivity index (χ3v) is 1.81. The lowest BCUT2D eigenvalue weighted by molar-refractivity contribution is -0.116. The summed E-state index contributed by atoms with van der Waals surface area (Å²) in [6.45, 7) is 6.63. The molecular formula is C13H20N2O. The summed E-state index contributed by atoms with van der Waals surface area (Å²) in [4.78, 5) is 10.4. The highest BCUT2D eigenvalue weighted by molar-refractivity contribution is 5.86. The maximum absolute atomic E-state index is 10.4. The highest BCUT2D eigenvalue weighted by Gasteiger charge is 1.88. The SMILES string of the molecule is C=CC(=O)NCCCN.Cc1ccccc1. The third kappa shape index (κ3) is 8.97. The molecule has 0 saturated carbocycles. The molecule has 0 aliphatic heterocycles. The first-order chi connectivity index (χ1) is 7.70. The molecule has 0 fully saturated rings. The Kier molecular flexibility index (Phi) is 8.93. The summed E-state index contributed by atoms with van der Waals surface area (Å²) in [7, 11) is 0. The van der Waals surface area contributed by atoms with Crippen LogP contribution in [0.25, 0.3) is 0 Å². The van der Waals surface area contributed by atoms with Gasteiger partial charge in [-0.1, -0.05) is 42.5 Å². The van der Waals surface area contributed by atoms with Crippen molar-refractivity contribution in [1.82, 2.24) is 5.32 Å². The van der Waals surface area contributed by atoms with Crippen molar-refractivity contribution < 1.29 is 4.79 Å². The second-order valence-corrected chi connectivity index (χ2v) is 3.29.